The highest BCUT2D eigenvalue weighted by Crippen LogP contribution is 2.23. The molecular formula is C19H30IN5O3S. The van der Waals surface area contributed by atoms with Crippen molar-refractivity contribution in [3.8, 4) is 10.8 Å². The number of alkyl carbamates (subject to hydrolysis) is 1. The largest absolute Gasteiger partial charge is 0.444 e. The molecule has 0 saturated carbocycles. The zero-order valence-electron chi connectivity index (χ0n) is 17.3. The van der Waals surface area contributed by atoms with Crippen LogP contribution in [0.15, 0.2) is 33.2 Å². The SMILES string of the molecule is CCNC(=NCc1coc(-c2cccs2)n1)NCCCNC(=O)OC(C)(C)C.I. The predicted octanol–water partition coefficient (Wildman–Crippen LogP) is 3.99. The summed E-state index contributed by atoms with van der Waals surface area (Å²) < 4.78 is 10.7. The summed E-state index contributed by atoms with van der Waals surface area (Å²) in [6.07, 6.45) is 1.98. The highest BCUT2D eigenvalue weighted by atomic mass is 127. The minimum Gasteiger partial charge on any atom is -0.444 e. The highest BCUT2D eigenvalue weighted by Gasteiger charge is 2.15. The van der Waals surface area contributed by atoms with Gasteiger partial charge in [-0.25, -0.2) is 14.8 Å². The van der Waals surface area contributed by atoms with E-state index in [4.69, 9.17) is 9.15 Å². The maximum Gasteiger partial charge on any atom is 0.407 e. The van der Waals surface area contributed by atoms with Crippen LogP contribution in [-0.4, -0.2) is 42.3 Å². The number of amides is 1. The second kappa shape index (κ2) is 12.7. The lowest BCUT2D eigenvalue weighted by Crippen LogP contribution is -2.39. The Morgan fingerprint density at radius 1 is 1.28 bits per heavy atom. The van der Waals surface area contributed by atoms with Gasteiger partial charge in [-0.05, 0) is 45.6 Å². The van der Waals surface area contributed by atoms with Gasteiger partial charge in [-0.1, -0.05) is 6.07 Å². The Morgan fingerprint density at radius 3 is 2.69 bits per heavy atom. The molecule has 3 N–H and O–H groups in total. The number of nitrogens with zero attached hydrogens (tertiary/aromatic N) is 2. The van der Waals surface area contributed by atoms with E-state index in [9.17, 15) is 4.79 Å². The topological polar surface area (TPSA) is 101 Å². The van der Waals surface area contributed by atoms with Crippen molar-refractivity contribution in [2.45, 2.75) is 46.3 Å². The number of thiophene rings is 1. The number of aliphatic imine (C=N–C) groups is 1. The van der Waals surface area contributed by atoms with Crippen molar-refractivity contribution in [2.75, 3.05) is 19.6 Å². The van der Waals surface area contributed by atoms with Gasteiger partial charge < -0.3 is 25.1 Å². The third kappa shape index (κ3) is 9.97. The van der Waals surface area contributed by atoms with Crippen LogP contribution in [0, 0.1) is 0 Å². The van der Waals surface area contributed by atoms with Crippen molar-refractivity contribution in [3.63, 3.8) is 0 Å². The van der Waals surface area contributed by atoms with Crippen LogP contribution in [0.4, 0.5) is 4.79 Å². The first-order chi connectivity index (χ1) is 13.4. The van der Waals surface area contributed by atoms with Crippen molar-refractivity contribution in [3.05, 3.63) is 29.5 Å². The summed E-state index contributed by atoms with van der Waals surface area (Å²) in [5, 5.41) is 11.2. The van der Waals surface area contributed by atoms with Gasteiger partial charge in [0.2, 0.25) is 5.89 Å². The number of carbonyl (C=O) groups is 1. The Hall–Kier alpha value is -1.82. The first-order valence-corrected chi connectivity index (χ1v) is 10.2. The van der Waals surface area contributed by atoms with E-state index >= 15 is 0 Å². The lowest BCUT2D eigenvalue weighted by atomic mass is 10.2. The van der Waals surface area contributed by atoms with E-state index < -0.39 is 11.7 Å². The predicted molar refractivity (Wildman–Crippen MR) is 127 cm³/mol. The summed E-state index contributed by atoms with van der Waals surface area (Å²) in [7, 11) is 0. The molecule has 10 heteroatoms. The van der Waals surface area contributed by atoms with Crippen molar-refractivity contribution in [2.24, 2.45) is 4.99 Å². The zero-order valence-corrected chi connectivity index (χ0v) is 20.4. The molecule has 0 fully saturated rings. The van der Waals surface area contributed by atoms with Crippen molar-refractivity contribution in [1.82, 2.24) is 20.9 Å². The number of rotatable bonds is 8. The number of hydrogen-bond donors (Lipinski definition) is 3. The molecule has 0 aliphatic carbocycles. The van der Waals surface area contributed by atoms with E-state index in [0.717, 1.165) is 23.5 Å². The average Bonchev–Trinajstić information content (AvgIpc) is 3.29. The maximum absolute atomic E-state index is 11.6. The molecule has 29 heavy (non-hydrogen) atoms. The molecule has 0 radical (unpaired) electrons. The number of ether oxygens (including phenoxy) is 1. The molecule has 2 heterocycles. The maximum atomic E-state index is 11.6. The number of halogens is 1. The Bertz CT molecular complexity index is 756. The summed E-state index contributed by atoms with van der Waals surface area (Å²) in [6.45, 7) is 9.88. The van der Waals surface area contributed by atoms with E-state index in [1.807, 2.05) is 45.2 Å². The molecule has 0 aliphatic rings. The molecule has 0 unspecified atom stereocenters. The average molecular weight is 535 g/mol. The van der Waals surface area contributed by atoms with E-state index in [1.165, 1.54) is 0 Å². The summed E-state index contributed by atoms with van der Waals surface area (Å²) in [6, 6.07) is 3.94. The standard InChI is InChI=1S/C19H29N5O3S.HI/c1-5-20-17(21-9-7-10-22-18(25)27-19(2,3)4)23-12-14-13-26-16(24-14)15-8-6-11-28-15;/h6,8,11,13H,5,7,9-10,12H2,1-4H3,(H,22,25)(H2,20,21,23);1H. The van der Waals surface area contributed by atoms with Crippen LogP contribution in [-0.2, 0) is 11.3 Å². The van der Waals surface area contributed by atoms with Gasteiger partial charge >= 0.3 is 6.09 Å². The Morgan fingerprint density at radius 2 is 2.03 bits per heavy atom. The third-order valence-corrected chi connectivity index (χ3v) is 4.20. The van der Waals surface area contributed by atoms with Crippen LogP contribution in [0.3, 0.4) is 0 Å². The van der Waals surface area contributed by atoms with Crippen molar-refractivity contribution < 1.29 is 13.9 Å². The molecule has 8 nitrogen and oxygen atoms in total. The summed E-state index contributed by atoms with van der Waals surface area (Å²) in [5.41, 5.74) is 0.282. The second-order valence-corrected chi connectivity index (χ2v) is 7.97. The fraction of sp³-hybridized carbons (Fsp3) is 0.526. The molecule has 162 valence electrons. The van der Waals surface area contributed by atoms with Crippen LogP contribution in [0.5, 0.6) is 0 Å². The molecular weight excluding hydrogens is 505 g/mol. The fourth-order valence-corrected chi connectivity index (χ4v) is 2.85. The van der Waals surface area contributed by atoms with Gasteiger partial charge in [0.1, 0.15) is 17.6 Å². The number of nitrogens with one attached hydrogen (secondary N) is 3. The number of guanidine groups is 1. The Labute approximate surface area is 192 Å². The number of carbonyl (C=O) groups excluding carboxylic acids is 1. The molecule has 0 spiro atoms. The first kappa shape index (κ1) is 25.2. The van der Waals surface area contributed by atoms with Gasteiger partial charge in [0.05, 0.1) is 11.4 Å². The van der Waals surface area contributed by atoms with Crippen LogP contribution in [0.2, 0.25) is 0 Å². The van der Waals surface area contributed by atoms with Gasteiger partial charge in [0.25, 0.3) is 0 Å². The molecule has 2 aromatic heterocycles. The van der Waals surface area contributed by atoms with Gasteiger partial charge in [-0.15, -0.1) is 35.3 Å². The van der Waals surface area contributed by atoms with E-state index in [1.54, 1.807) is 17.6 Å². The molecule has 0 aromatic carbocycles. The second-order valence-electron chi connectivity index (χ2n) is 7.03. The molecule has 0 aliphatic heterocycles. The van der Waals surface area contributed by atoms with Gasteiger partial charge in [-0.3, -0.25) is 0 Å². The van der Waals surface area contributed by atoms with Crippen molar-refractivity contribution >= 4 is 47.4 Å². The van der Waals surface area contributed by atoms with Crippen LogP contribution in [0.25, 0.3) is 10.8 Å². The first-order valence-electron chi connectivity index (χ1n) is 9.34. The van der Waals surface area contributed by atoms with Crippen molar-refractivity contribution in [1.29, 1.82) is 0 Å². The minimum absolute atomic E-state index is 0. The molecule has 0 atom stereocenters. The number of aromatic nitrogens is 1. The smallest absolute Gasteiger partial charge is 0.407 e. The summed E-state index contributed by atoms with van der Waals surface area (Å²) >= 11 is 1.59. The quantitative estimate of drug-likeness (QED) is 0.205. The Kier molecular flexibility index (Phi) is 11.0. The third-order valence-electron chi connectivity index (χ3n) is 3.34. The van der Waals surface area contributed by atoms with Crippen LogP contribution >= 0.6 is 35.3 Å². The van der Waals surface area contributed by atoms with E-state index in [2.05, 4.69) is 25.9 Å². The normalized spacial score (nSPS) is 11.5. The van der Waals surface area contributed by atoms with Gasteiger partial charge in [0, 0.05) is 19.6 Å². The molecule has 2 aromatic rings. The van der Waals surface area contributed by atoms with E-state index in [-0.39, 0.29) is 24.0 Å². The highest BCUT2D eigenvalue weighted by molar-refractivity contribution is 14.0. The minimum atomic E-state index is -0.488. The summed E-state index contributed by atoms with van der Waals surface area (Å²) in [4.78, 5) is 21.6. The lowest BCUT2D eigenvalue weighted by Gasteiger charge is -2.19. The van der Waals surface area contributed by atoms with Gasteiger partial charge in [0.15, 0.2) is 5.96 Å². The monoisotopic (exact) mass is 535 g/mol. The lowest BCUT2D eigenvalue weighted by molar-refractivity contribution is 0.0527. The van der Waals surface area contributed by atoms with Gasteiger partial charge in [-0.2, -0.15) is 0 Å². The molecule has 0 bridgehead atoms. The van der Waals surface area contributed by atoms with E-state index in [0.29, 0.717) is 31.5 Å². The Balaban J connectivity index is 0.00000420. The fourth-order valence-electron chi connectivity index (χ4n) is 2.19. The zero-order chi connectivity index (χ0) is 20.4. The van der Waals surface area contributed by atoms with Crippen LogP contribution < -0.4 is 16.0 Å². The molecule has 0 saturated heterocycles. The van der Waals surface area contributed by atoms with Crippen LogP contribution in [0.1, 0.15) is 39.8 Å². The number of hydrogen-bond acceptors (Lipinski definition) is 6. The summed E-state index contributed by atoms with van der Waals surface area (Å²) in [5.74, 6) is 1.31. The number of oxazole rings is 1. The molecule has 2 rings (SSSR count). The molecule has 1 amide bonds.